The van der Waals surface area contributed by atoms with Crippen molar-refractivity contribution in [2.24, 2.45) is 0 Å². The number of methoxy groups -OCH3 is 1. The lowest BCUT2D eigenvalue weighted by molar-refractivity contribution is -0.0579. The van der Waals surface area contributed by atoms with Gasteiger partial charge >= 0.3 is 0 Å². The van der Waals surface area contributed by atoms with Crippen LogP contribution in [0.25, 0.3) is 16.5 Å². The van der Waals surface area contributed by atoms with Crippen LogP contribution in [0.1, 0.15) is 74.6 Å². The van der Waals surface area contributed by atoms with Crippen LogP contribution in [-0.4, -0.2) is 47.4 Å². The van der Waals surface area contributed by atoms with E-state index in [-0.39, 0.29) is 5.38 Å². The molecule has 0 radical (unpaired) electrons. The van der Waals surface area contributed by atoms with E-state index in [1.54, 1.807) is 0 Å². The van der Waals surface area contributed by atoms with Crippen molar-refractivity contribution in [1.82, 2.24) is 15.1 Å². The number of rotatable bonds is 6. The van der Waals surface area contributed by atoms with Gasteiger partial charge in [0, 0.05) is 48.3 Å². The van der Waals surface area contributed by atoms with E-state index in [1.165, 1.54) is 36.8 Å². The Morgan fingerprint density at radius 2 is 1.97 bits per heavy atom. The van der Waals surface area contributed by atoms with Crippen LogP contribution in [0.15, 0.2) is 29.3 Å². The molecule has 1 atom stereocenters. The molecule has 4 rings (SSSR count). The summed E-state index contributed by atoms with van der Waals surface area (Å²) < 4.78 is 5.44. The molecule has 4 nitrogen and oxygen atoms in total. The number of halogens is 2. The maximum atomic E-state index is 6.62. The Kier molecular flexibility index (Phi) is 7.12. The largest absolute Gasteiger partial charge is 0.379 e. The fourth-order valence-corrected chi connectivity index (χ4v) is 5.46. The van der Waals surface area contributed by atoms with Gasteiger partial charge in [-0.3, -0.25) is 10.00 Å². The molecule has 2 heterocycles. The molecule has 1 N–H and O–H groups in total. The lowest BCUT2D eigenvalue weighted by Crippen LogP contribution is -2.56. The number of hydrogen-bond acceptors (Lipinski definition) is 3. The van der Waals surface area contributed by atoms with Crippen LogP contribution in [0.3, 0.4) is 0 Å². The van der Waals surface area contributed by atoms with Crippen molar-refractivity contribution in [3.63, 3.8) is 0 Å². The molecule has 1 aromatic heterocycles. The Morgan fingerprint density at radius 1 is 1.26 bits per heavy atom. The second-order valence-corrected chi connectivity index (χ2v) is 10.3. The highest BCUT2D eigenvalue weighted by Crippen LogP contribution is 2.40. The van der Waals surface area contributed by atoms with Crippen LogP contribution >= 0.6 is 23.2 Å². The standard InChI is InChI=1S/C25H33Cl2N3O/c1-5-17(10-15(2)26)22-12-24-23(11-21(22)16(3)27)25(29-28-24)18-6-8-19(9-7-18)30-13-20(14-30)31-4/h5,10-12,16,18-20H,6-9,13-14H2,1-4H3,(H,28,29)/b15-10+,17-5+. The van der Waals surface area contributed by atoms with Gasteiger partial charge in [0.1, 0.15) is 0 Å². The molecule has 31 heavy (non-hydrogen) atoms. The van der Waals surface area contributed by atoms with Crippen LogP contribution < -0.4 is 0 Å². The van der Waals surface area contributed by atoms with Crippen molar-refractivity contribution >= 4 is 39.7 Å². The molecule has 168 valence electrons. The number of H-pyrrole nitrogens is 1. The minimum Gasteiger partial charge on any atom is -0.379 e. The number of aromatic nitrogens is 2. The number of fused-ring (bicyclic) bond motifs is 1. The molecule has 1 saturated heterocycles. The third-order valence-electron chi connectivity index (χ3n) is 6.99. The van der Waals surface area contributed by atoms with Crippen molar-refractivity contribution in [2.45, 2.75) is 69.9 Å². The topological polar surface area (TPSA) is 41.2 Å². The lowest BCUT2D eigenvalue weighted by Gasteiger charge is -2.45. The van der Waals surface area contributed by atoms with Gasteiger partial charge in [0.25, 0.3) is 0 Å². The van der Waals surface area contributed by atoms with Crippen LogP contribution in [0.4, 0.5) is 0 Å². The average Bonchev–Trinajstić information content (AvgIpc) is 3.13. The van der Waals surface area contributed by atoms with Crippen molar-refractivity contribution < 1.29 is 4.74 Å². The summed E-state index contributed by atoms with van der Waals surface area (Å²) >= 11 is 12.8. The normalized spacial score (nSPS) is 25.1. The minimum atomic E-state index is -0.1000. The Morgan fingerprint density at radius 3 is 2.55 bits per heavy atom. The fraction of sp³-hybridized carbons (Fsp3) is 0.560. The van der Waals surface area contributed by atoms with E-state index in [2.05, 4.69) is 33.3 Å². The first-order valence-corrected chi connectivity index (χ1v) is 12.2. The Labute approximate surface area is 195 Å². The van der Waals surface area contributed by atoms with Gasteiger partial charge in [0.05, 0.1) is 17.0 Å². The zero-order valence-electron chi connectivity index (χ0n) is 18.9. The first-order chi connectivity index (χ1) is 14.9. The second kappa shape index (κ2) is 9.66. The Balaban J connectivity index is 1.58. The molecule has 1 aliphatic carbocycles. The monoisotopic (exact) mass is 461 g/mol. The van der Waals surface area contributed by atoms with Gasteiger partial charge in [-0.1, -0.05) is 17.7 Å². The molecular formula is C25H33Cl2N3O. The smallest absolute Gasteiger partial charge is 0.0930 e. The summed E-state index contributed by atoms with van der Waals surface area (Å²) in [7, 11) is 1.82. The van der Waals surface area contributed by atoms with Gasteiger partial charge in [0.2, 0.25) is 0 Å². The highest BCUT2D eigenvalue weighted by Gasteiger charge is 2.35. The number of alkyl halides is 1. The summed E-state index contributed by atoms with van der Waals surface area (Å²) in [5.41, 5.74) is 5.57. The number of aromatic amines is 1. The van der Waals surface area contributed by atoms with Gasteiger partial charge in [0.15, 0.2) is 0 Å². The van der Waals surface area contributed by atoms with Crippen LogP contribution in [0, 0.1) is 0 Å². The summed E-state index contributed by atoms with van der Waals surface area (Å²) in [6.07, 6.45) is 9.36. The molecule has 1 unspecified atom stereocenters. The highest BCUT2D eigenvalue weighted by atomic mass is 35.5. The predicted molar refractivity (Wildman–Crippen MR) is 131 cm³/mol. The van der Waals surface area contributed by atoms with E-state index < -0.39 is 0 Å². The van der Waals surface area contributed by atoms with Gasteiger partial charge < -0.3 is 4.74 Å². The molecule has 6 heteroatoms. The van der Waals surface area contributed by atoms with Crippen molar-refractivity contribution in [2.75, 3.05) is 20.2 Å². The summed E-state index contributed by atoms with van der Waals surface area (Å²) in [6.45, 7) is 8.12. The summed E-state index contributed by atoms with van der Waals surface area (Å²) in [5, 5.41) is 9.91. The number of nitrogens with one attached hydrogen (secondary N) is 1. The Hall–Kier alpha value is -1.33. The molecular weight excluding hydrogens is 429 g/mol. The van der Waals surface area contributed by atoms with Crippen LogP contribution in [0.5, 0.6) is 0 Å². The molecule has 1 aliphatic heterocycles. The molecule has 2 aromatic rings. The molecule has 1 aromatic carbocycles. The van der Waals surface area contributed by atoms with Crippen molar-refractivity contribution in [1.29, 1.82) is 0 Å². The van der Waals surface area contributed by atoms with Gasteiger partial charge in [-0.15, -0.1) is 11.6 Å². The van der Waals surface area contributed by atoms with E-state index in [1.807, 2.05) is 34.0 Å². The van der Waals surface area contributed by atoms with Crippen molar-refractivity contribution in [3.8, 4) is 0 Å². The van der Waals surface area contributed by atoms with E-state index in [9.17, 15) is 0 Å². The van der Waals surface area contributed by atoms with Gasteiger partial charge in [-0.25, -0.2) is 0 Å². The number of nitrogens with zero attached hydrogens (tertiary/aromatic N) is 2. The maximum absolute atomic E-state index is 6.62. The minimum absolute atomic E-state index is 0.1000. The van der Waals surface area contributed by atoms with E-state index >= 15 is 0 Å². The summed E-state index contributed by atoms with van der Waals surface area (Å²) in [4.78, 5) is 2.58. The van der Waals surface area contributed by atoms with E-state index in [0.717, 1.165) is 40.3 Å². The third-order valence-corrected chi connectivity index (χ3v) is 7.33. The Bertz CT molecular complexity index is 976. The first-order valence-electron chi connectivity index (χ1n) is 11.3. The SMILES string of the molecule is C/C=C(\C=C(/C)Cl)c1cc2n[nH]c(C3CCC(N4CC(OC)C4)CC3)c2cc1C(C)Cl. The molecule has 0 bridgehead atoms. The molecule has 2 aliphatic rings. The summed E-state index contributed by atoms with van der Waals surface area (Å²) in [5.74, 6) is 0.524. The van der Waals surface area contributed by atoms with Crippen LogP contribution in [-0.2, 0) is 4.74 Å². The van der Waals surface area contributed by atoms with Crippen molar-refractivity contribution in [3.05, 3.63) is 46.1 Å². The summed E-state index contributed by atoms with van der Waals surface area (Å²) in [6, 6.07) is 5.10. The molecule has 2 fully saturated rings. The molecule has 0 spiro atoms. The third kappa shape index (κ3) is 4.73. The second-order valence-electron chi connectivity index (χ2n) is 9.00. The zero-order valence-corrected chi connectivity index (χ0v) is 20.4. The average molecular weight is 462 g/mol. The maximum Gasteiger partial charge on any atom is 0.0930 e. The zero-order chi connectivity index (χ0) is 22.1. The number of allylic oxidation sites excluding steroid dienone is 4. The number of benzene rings is 1. The van der Waals surface area contributed by atoms with Crippen LogP contribution in [0.2, 0.25) is 0 Å². The molecule has 0 amide bonds. The number of likely N-dealkylation sites (tertiary alicyclic amines) is 1. The van der Waals surface area contributed by atoms with E-state index in [4.69, 9.17) is 27.9 Å². The molecule has 1 saturated carbocycles. The number of ether oxygens (including phenoxy) is 1. The quantitative estimate of drug-likeness (QED) is 0.381. The number of hydrogen-bond donors (Lipinski definition) is 1. The lowest BCUT2D eigenvalue weighted by atomic mass is 9.81. The first kappa shape index (κ1) is 22.8. The predicted octanol–water partition coefficient (Wildman–Crippen LogP) is 6.77. The van der Waals surface area contributed by atoms with Gasteiger partial charge in [-0.2, -0.15) is 5.10 Å². The van der Waals surface area contributed by atoms with Gasteiger partial charge in [-0.05, 0) is 81.4 Å². The fourth-order valence-electron chi connectivity index (χ4n) is 5.16. The van der Waals surface area contributed by atoms with E-state index in [0.29, 0.717) is 18.1 Å². The highest BCUT2D eigenvalue weighted by molar-refractivity contribution is 6.30.